The summed E-state index contributed by atoms with van der Waals surface area (Å²) in [7, 11) is -5.10. The highest BCUT2D eigenvalue weighted by molar-refractivity contribution is 7.47. The number of hydrogen-bond acceptors (Lipinski definition) is 12. The summed E-state index contributed by atoms with van der Waals surface area (Å²) in [4.78, 5) is 35.4. The largest absolute Gasteiger partial charge is 0.472 e. The lowest BCUT2D eigenvalue weighted by atomic mass is 9.85. The molecule has 8 atom stereocenters. The van der Waals surface area contributed by atoms with Crippen LogP contribution in [0.1, 0.15) is 174 Å². The predicted molar refractivity (Wildman–Crippen MR) is 207 cm³/mol. The third kappa shape index (κ3) is 24.3. The van der Waals surface area contributed by atoms with Crippen LogP contribution in [0.5, 0.6) is 0 Å². The van der Waals surface area contributed by atoms with Crippen LogP contribution in [0.25, 0.3) is 0 Å². The van der Waals surface area contributed by atoms with Gasteiger partial charge in [-0.25, -0.2) is 4.57 Å². The van der Waals surface area contributed by atoms with Gasteiger partial charge in [-0.3, -0.25) is 18.6 Å². The van der Waals surface area contributed by atoms with Crippen molar-refractivity contribution in [2.45, 2.75) is 217 Å². The van der Waals surface area contributed by atoms with E-state index in [-0.39, 0.29) is 12.8 Å². The number of phosphoric ester groups is 1. The zero-order valence-electron chi connectivity index (χ0n) is 33.3. The molecule has 1 aliphatic carbocycles. The van der Waals surface area contributed by atoms with Crippen LogP contribution in [0.2, 0.25) is 0 Å². The topological polar surface area (TPSA) is 210 Å². The Balaban J connectivity index is 2.47. The molecule has 6 N–H and O–H groups in total. The first kappa shape index (κ1) is 50.6. The van der Waals surface area contributed by atoms with Crippen molar-refractivity contribution in [3.63, 3.8) is 0 Å². The van der Waals surface area contributed by atoms with Gasteiger partial charge in [0.25, 0.3) is 0 Å². The van der Waals surface area contributed by atoms with E-state index >= 15 is 0 Å². The number of hydrogen-bond donors (Lipinski definition) is 6. The molecule has 0 bridgehead atoms. The van der Waals surface area contributed by atoms with Crippen molar-refractivity contribution in [2.75, 3.05) is 13.2 Å². The summed E-state index contributed by atoms with van der Waals surface area (Å²) < 4.78 is 33.3. The van der Waals surface area contributed by atoms with Crippen LogP contribution in [0.4, 0.5) is 0 Å². The van der Waals surface area contributed by atoms with E-state index in [0.29, 0.717) is 12.8 Å². The molecule has 0 aromatic heterocycles. The second-order valence-electron chi connectivity index (χ2n) is 14.8. The van der Waals surface area contributed by atoms with Crippen molar-refractivity contribution in [3.05, 3.63) is 12.2 Å². The number of unbranched alkanes of at least 4 members (excludes halogenated alkanes) is 20. The van der Waals surface area contributed by atoms with E-state index in [1.54, 1.807) is 0 Å². The van der Waals surface area contributed by atoms with Gasteiger partial charge < -0.3 is 39.9 Å². The van der Waals surface area contributed by atoms with Crippen LogP contribution >= 0.6 is 7.82 Å². The van der Waals surface area contributed by atoms with Gasteiger partial charge in [-0.05, 0) is 38.5 Å². The van der Waals surface area contributed by atoms with Crippen LogP contribution in [0, 0.1) is 0 Å². The molecule has 0 aromatic rings. The Morgan fingerprint density at radius 3 is 1.41 bits per heavy atom. The Morgan fingerprint density at radius 1 is 0.556 bits per heavy atom. The summed E-state index contributed by atoms with van der Waals surface area (Å²) in [6.07, 6.45) is 17.3. The van der Waals surface area contributed by atoms with Crippen LogP contribution < -0.4 is 0 Å². The van der Waals surface area contributed by atoms with E-state index in [0.717, 1.165) is 51.4 Å². The van der Waals surface area contributed by atoms with Gasteiger partial charge in [-0.15, -0.1) is 0 Å². The number of allylic oxidation sites excluding steroid dienone is 2. The highest BCUT2D eigenvalue weighted by atomic mass is 31.2. The smallest absolute Gasteiger partial charge is 0.462 e. The molecule has 13 nitrogen and oxygen atoms in total. The van der Waals surface area contributed by atoms with Gasteiger partial charge in [-0.2, -0.15) is 0 Å². The van der Waals surface area contributed by atoms with Crippen molar-refractivity contribution < 1.29 is 63.1 Å². The first-order valence-corrected chi connectivity index (χ1v) is 22.5. The molecule has 0 aromatic carbocycles. The SMILES string of the molecule is CCCCCCCC/C=C/CCCCCCCCCC(=O)O[C@H](COC(=O)CCCCCCCCCC)COP(=O)(O)OC1C(O)C(O)C(O)[C@H](O)C1O. The first-order chi connectivity index (χ1) is 25.9. The van der Waals surface area contributed by atoms with Gasteiger partial charge >= 0.3 is 19.8 Å². The molecule has 1 aliphatic rings. The molecule has 1 rings (SSSR count). The number of esters is 2. The van der Waals surface area contributed by atoms with E-state index in [2.05, 4.69) is 26.0 Å². The van der Waals surface area contributed by atoms with E-state index in [4.69, 9.17) is 18.5 Å². The fourth-order valence-corrected chi connectivity index (χ4v) is 7.37. The number of aliphatic hydroxyl groups excluding tert-OH is 5. The van der Waals surface area contributed by atoms with E-state index < -0.39 is 75.7 Å². The Kier molecular flexibility index (Phi) is 29.7. The summed E-state index contributed by atoms with van der Waals surface area (Å²) in [6.45, 7) is 3.24. The van der Waals surface area contributed by atoms with Gasteiger partial charge in [0.2, 0.25) is 0 Å². The maximum Gasteiger partial charge on any atom is 0.472 e. The molecule has 0 radical (unpaired) electrons. The minimum Gasteiger partial charge on any atom is -0.462 e. The van der Waals surface area contributed by atoms with Gasteiger partial charge in [0.1, 0.15) is 43.2 Å². The van der Waals surface area contributed by atoms with Crippen molar-refractivity contribution in [2.24, 2.45) is 0 Å². The van der Waals surface area contributed by atoms with E-state index in [1.165, 1.54) is 83.5 Å². The Morgan fingerprint density at radius 2 is 0.944 bits per heavy atom. The Bertz CT molecular complexity index is 1010. The van der Waals surface area contributed by atoms with Crippen LogP contribution in [-0.4, -0.2) is 98.3 Å². The number of ether oxygens (including phenoxy) is 2. The minimum atomic E-state index is -5.10. The molecular weight excluding hydrogens is 719 g/mol. The minimum absolute atomic E-state index is 0.0952. The van der Waals surface area contributed by atoms with Gasteiger partial charge in [-0.1, -0.05) is 135 Å². The summed E-state index contributed by atoms with van der Waals surface area (Å²) in [5.74, 6) is -1.10. The molecule has 0 amide bonds. The predicted octanol–water partition coefficient (Wildman–Crippen LogP) is 7.11. The highest BCUT2D eigenvalue weighted by Gasteiger charge is 2.51. The van der Waals surface area contributed by atoms with Gasteiger partial charge in [0, 0.05) is 12.8 Å². The average Bonchev–Trinajstić information content (AvgIpc) is 3.15. The molecule has 0 spiro atoms. The first-order valence-electron chi connectivity index (χ1n) is 21.0. The molecule has 0 aliphatic heterocycles. The number of aliphatic hydroxyl groups is 5. The van der Waals surface area contributed by atoms with E-state index in [1.807, 2.05) is 0 Å². The monoisotopic (exact) mass is 794 g/mol. The molecule has 6 unspecified atom stereocenters. The number of carbonyl (C=O) groups is 2. The summed E-state index contributed by atoms with van der Waals surface area (Å²) >= 11 is 0. The molecule has 54 heavy (non-hydrogen) atoms. The van der Waals surface area contributed by atoms with Gasteiger partial charge in [0.05, 0.1) is 6.61 Å². The molecule has 318 valence electrons. The highest BCUT2D eigenvalue weighted by Crippen LogP contribution is 2.47. The quantitative estimate of drug-likeness (QED) is 0.0166. The van der Waals surface area contributed by atoms with Crippen LogP contribution in [0.15, 0.2) is 12.2 Å². The maximum absolute atomic E-state index is 12.7. The standard InChI is InChI=1S/C40H75O13P/c1-3-5-7-9-11-13-14-15-16-17-18-19-20-21-23-25-27-29-34(42)52-32(30-50-33(41)28-26-24-22-12-10-8-6-4-2)31-51-54(48,49)53-40-38(46)36(44)35(43)37(45)39(40)47/h15-16,32,35-40,43-47H,3-14,17-31H2,1-2H3,(H,48,49)/b16-15+/t32-,35?,36+,37?,38?,39?,40?/m1/s1. The van der Waals surface area contributed by atoms with Crippen molar-refractivity contribution in [1.82, 2.24) is 0 Å². The zero-order valence-corrected chi connectivity index (χ0v) is 34.2. The lowest BCUT2D eigenvalue weighted by Crippen LogP contribution is -2.64. The molecule has 1 fully saturated rings. The molecule has 0 heterocycles. The lowest BCUT2D eigenvalue weighted by Gasteiger charge is -2.41. The fraction of sp³-hybridized carbons (Fsp3) is 0.900. The van der Waals surface area contributed by atoms with Crippen molar-refractivity contribution >= 4 is 19.8 Å². The van der Waals surface area contributed by atoms with Gasteiger partial charge in [0.15, 0.2) is 6.10 Å². The second kappa shape index (κ2) is 31.6. The Hall–Kier alpha value is -1.41. The normalized spacial score (nSPS) is 23.3. The van der Waals surface area contributed by atoms with Crippen molar-refractivity contribution in [3.8, 4) is 0 Å². The number of rotatable bonds is 34. The van der Waals surface area contributed by atoms with Crippen LogP contribution in [0.3, 0.4) is 0 Å². The molecule has 1 saturated carbocycles. The fourth-order valence-electron chi connectivity index (χ4n) is 6.40. The maximum atomic E-state index is 12.7. The van der Waals surface area contributed by atoms with Crippen molar-refractivity contribution in [1.29, 1.82) is 0 Å². The zero-order chi connectivity index (χ0) is 40.0. The average molecular weight is 795 g/mol. The third-order valence-corrected chi connectivity index (χ3v) is 10.8. The number of phosphoric acid groups is 1. The lowest BCUT2D eigenvalue weighted by molar-refractivity contribution is -0.220. The second-order valence-corrected chi connectivity index (χ2v) is 16.3. The van der Waals surface area contributed by atoms with E-state index in [9.17, 15) is 44.6 Å². The summed E-state index contributed by atoms with van der Waals surface area (Å²) in [6, 6.07) is 0. The summed E-state index contributed by atoms with van der Waals surface area (Å²) in [5, 5.41) is 49.9. The Labute approximate surface area is 324 Å². The third-order valence-electron chi connectivity index (χ3n) is 9.86. The number of carbonyl (C=O) groups excluding carboxylic acids is 2. The molecule has 14 heteroatoms. The molecule has 0 saturated heterocycles. The van der Waals surface area contributed by atoms with Crippen LogP contribution in [-0.2, 0) is 32.7 Å². The summed E-state index contributed by atoms with van der Waals surface area (Å²) in [5.41, 5.74) is 0. The molecular formula is C40H75O13P.